The van der Waals surface area contributed by atoms with E-state index in [0.29, 0.717) is 0 Å². The van der Waals surface area contributed by atoms with E-state index in [-0.39, 0.29) is 0 Å². The number of nitrogens with zero attached hydrogens (tertiary/aromatic N) is 2. The van der Waals surface area contributed by atoms with Gasteiger partial charge in [0.15, 0.2) is 0 Å². The zero-order valence-corrected chi connectivity index (χ0v) is 30.8. The molecule has 1 heterocycles. The topological polar surface area (TPSA) is 8.17 Å². The van der Waals surface area contributed by atoms with Crippen LogP contribution in [0.1, 0.15) is 0 Å². The van der Waals surface area contributed by atoms with Crippen molar-refractivity contribution in [3.63, 3.8) is 0 Å². The first-order chi connectivity index (χ1) is 27.8. The highest BCUT2D eigenvalue weighted by Gasteiger charge is 2.16. The largest absolute Gasteiger partial charge is 0.311 e. The molecule has 0 atom stereocenters. The third kappa shape index (κ3) is 6.14. The Bertz CT molecular complexity index is 2910. The molecule has 0 bridgehead atoms. The minimum atomic E-state index is 1.10. The zero-order valence-electron chi connectivity index (χ0n) is 30.8. The van der Waals surface area contributed by atoms with Crippen LogP contribution in [0.4, 0.5) is 17.1 Å². The number of fused-ring (bicyclic) bond motifs is 3. The van der Waals surface area contributed by atoms with Crippen LogP contribution in [0.3, 0.4) is 0 Å². The van der Waals surface area contributed by atoms with Crippen LogP contribution < -0.4 is 4.90 Å². The summed E-state index contributed by atoms with van der Waals surface area (Å²) in [4.78, 5) is 2.33. The lowest BCUT2D eigenvalue weighted by Gasteiger charge is -2.26. The quantitative estimate of drug-likeness (QED) is 0.152. The van der Waals surface area contributed by atoms with Crippen LogP contribution in [0.5, 0.6) is 0 Å². The van der Waals surface area contributed by atoms with Crippen molar-refractivity contribution in [2.75, 3.05) is 4.90 Å². The fourth-order valence-electron chi connectivity index (χ4n) is 8.09. The number of anilines is 3. The van der Waals surface area contributed by atoms with Crippen LogP contribution in [-0.4, -0.2) is 4.57 Å². The predicted molar refractivity (Wildman–Crippen MR) is 237 cm³/mol. The lowest BCUT2D eigenvalue weighted by molar-refractivity contribution is 1.18. The Kier molecular flexibility index (Phi) is 8.55. The van der Waals surface area contributed by atoms with Gasteiger partial charge in [-0.2, -0.15) is 0 Å². The summed E-state index contributed by atoms with van der Waals surface area (Å²) in [6.07, 6.45) is 0. The lowest BCUT2D eigenvalue weighted by atomic mass is 9.91. The summed E-state index contributed by atoms with van der Waals surface area (Å²) >= 11 is 0. The molecule has 2 nitrogen and oxygen atoms in total. The first-order valence-electron chi connectivity index (χ1n) is 19.2. The molecule has 0 amide bonds. The fourth-order valence-corrected chi connectivity index (χ4v) is 8.09. The van der Waals surface area contributed by atoms with E-state index in [9.17, 15) is 0 Å². The van der Waals surface area contributed by atoms with Gasteiger partial charge in [-0.1, -0.05) is 164 Å². The van der Waals surface area contributed by atoms with E-state index in [0.717, 1.165) is 22.7 Å². The molecule has 2 heteroatoms. The SMILES string of the molecule is c1ccc(-c2ccc(-c3ccc(N(c4ccccc4)c4ccc(-c5ccc6c7ccccc7n(-c7ccccc7)c6c5)cc4)cc3)cc2-c2ccccc2)cc1. The number of hydrogen-bond acceptors (Lipinski definition) is 1. The number of aromatic nitrogens is 1. The average molecular weight is 715 g/mol. The van der Waals surface area contributed by atoms with Crippen molar-refractivity contribution in [3.05, 3.63) is 231 Å². The van der Waals surface area contributed by atoms with Crippen molar-refractivity contribution in [2.45, 2.75) is 0 Å². The molecule has 10 rings (SSSR count). The summed E-state index contributed by atoms with van der Waals surface area (Å²) in [7, 11) is 0. The van der Waals surface area contributed by atoms with Crippen molar-refractivity contribution in [1.82, 2.24) is 4.57 Å². The number of rotatable bonds is 8. The molecule has 0 fully saturated rings. The van der Waals surface area contributed by atoms with Crippen LogP contribution >= 0.6 is 0 Å². The molecule has 264 valence electrons. The van der Waals surface area contributed by atoms with Gasteiger partial charge in [-0.3, -0.25) is 0 Å². The molecule has 0 aliphatic rings. The van der Waals surface area contributed by atoms with Gasteiger partial charge in [0.1, 0.15) is 0 Å². The standard InChI is InChI=1S/C54H38N2/c1-5-15-41(16-6-1)49-35-29-43(37-52(49)42-17-7-2-8-18-42)39-25-31-47(32-26-39)55(45-19-9-3-10-20-45)48-33-27-40(28-34-48)44-30-36-51-50-23-13-14-24-53(50)56(54(51)38-44)46-21-11-4-12-22-46/h1-38H. The number of benzene rings is 9. The molecule has 0 radical (unpaired) electrons. The Balaban J connectivity index is 1.00. The molecule has 0 spiro atoms. The molecular weight excluding hydrogens is 677 g/mol. The van der Waals surface area contributed by atoms with Gasteiger partial charge in [-0.25, -0.2) is 0 Å². The third-order valence-corrected chi connectivity index (χ3v) is 10.8. The van der Waals surface area contributed by atoms with E-state index in [4.69, 9.17) is 0 Å². The first-order valence-corrected chi connectivity index (χ1v) is 19.2. The van der Waals surface area contributed by atoms with Crippen LogP contribution in [0.15, 0.2) is 231 Å². The highest BCUT2D eigenvalue weighted by Crippen LogP contribution is 2.40. The molecule has 0 saturated heterocycles. The second-order valence-electron chi connectivity index (χ2n) is 14.2. The molecule has 0 N–H and O–H groups in total. The smallest absolute Gasteiger partial charge is 0.0547 e. The summed E-state index contributed by atoms with van der Waals surface area (Å²) in [5, 5.41) is 2.52. The zero-order chi connectivity index (χ0) is 37.3. The Morgan fingerprint density at radius 1 is 0.268 bits per heavy atom. The van der Waals surface area contributed by atoms with Gasteiger partial charge in [0.2, 0.25) is 0 Å². The van der Waals surface area contributed by atoms with Crippen molar-refractivity contribution in [1.29, 1.82) is 0 Å². The first kappa shape index (κ1) is 33.2. The maximum atomic E-state index is 2.38. The van der Waals surface area contributed by atoms with E-state index in [2.05, 4.69) is 240 Å². The lowest BCUT2D eigenvalue weighted by Crippen LogP contribution is -2.09. The van der Waals surface area contributed by atoms with E-state index in [1.54, 1.807) is 0 Å². The second kappa shape index (κ2) is 14.4. The van der Waals surface area contributed by atoms with E-state index in [1.807, 2.05) is 0 Å². The van der Waals surface area contributed by atoms with Gasteiger partial charge >= 0.3 is 0 Å². The van der Waals surface area contributed by atoms with Gasteiger partial charge < -0.3 is 9.47 Å². The van der Waals surface area contributed by atoms with Crippen molar-refractivity contribution in [3.8, 4) is 50.2 Å². The molecular formula is C54H38N2. The van der Waals surface area contributed by atoms with E-state index >= 15 is 0 Å². The minimum Gasteiger partial charge on any atom is -0.311 e. The fraction of sp³-hybridized carbons (Fsp3) is 0. The Morgan fingerprint density at radius 2 is 0.714 bits per heavy atom. The highest BCUT2D eigenvalue weighted by atomic mass is 15.1. The summed E-state index contributed by atoms with van der Waals surface area (Å²) in [5.41, 5.74) is 16.5. The Hall–Kier alpha value is -7.42. The second-order valence-corrected chi connectivity index (χ2v) is 14.2. The van der Waals surface area contributed by atoms with Gasteiger partial charge in [-0.05, 0) is 111 Å². The third-order valence-electron chi connectivity index (χ3n) is 10.8. The maximum Gasteiger partial charge on any atom is 0.0547 e. The van der Waals surface area contributed by atoms with E-state index < -0.39 is 0 Å². The molecule has 0 aliphatic carbocycles. The van der Waals surface area contributed by atoms with Gasteiger partial charge in [0.05, 0.1) is 11.0 Å². The molecule has 10 aromatic rings. The molecule has 0 aliphatic heterocycles. The van der Waals surface area contributed by atoms with E-state index in [1.165, 1.54) is 66.3 Å². The van der Waals surface area contributed by atoms with Crippen LogP contribution in [0.2, 0.25) is 0 Å². The molecule has 0 unspecified atom stereocenters. The Labute approximate surface area is 327 Å². The van der Waals surface area contributed by atoms with Crippen LogP contribution in [0, 0.1) is 0 Å². The normalized spacial score (nSPS) is 11.2. The summed E-state index contributed by atoms with van der Waals surface area (Å²) in [5.74, 6) is 0. The molecule has 0 saturated carbocycles. The average Bonchev–Trinajstić information content (AvgIpc) is 3.62. The van der Waals surface area contributed by atoms with Gasteiger partial charge in [-0.15, -0.1) is 0 Å². The van der Waals surface area contributed by atoms with Crippen LogP contribution in [-0.2, 0) is 0 Å². The van der Waals surface area contributed by atoms with Crippen LogP contribution in [0.25, 0.3) is 72.0 Å². The molecule has 1 aromatic heterocycles. The number of para-hydroxylation sites is 3. The minimum absolute atomic E-state index is 1.10. The highest BCUT2D eigenvalue weighted by molar-refractivity contribution is 6.10. The van der Waals surface area contributed by atoms with Crippen molar-refractivity contribution >= 4 is 38.9 Å². The van der Waals surface area contributed by atoms with Gasteiger partial charge in [0, 0.05) is 33.5 Å². The monoisotopic (exact) mass is 714 g/mol. The van der Waals surface area contributed by atoms with Gasteiger partial charge in [0.25, 0.3) is 0 Å². The molecule has 9 aromatic carbocycles. The predicted octanol–water partition coefficient (Wildman–Crippen LogP) is 14.9. The maximum absolute atomic E-state index is 2.38. The Morgan fingerprint density at radius 3 is 1.34 bits per heavy atom. The molecule has 56 heavy (non-hydrogen) atoms. The summed E-state index contributed by atoms with van der Waals surface area (Å²) in [6, 6.07) is 82.9. The van der Waals surface area contributed by atoms with Crippen molar-refractivity contribution in [2.24, 2.45) is 0 Å². The summed E-state index contributed by atoms with van der Waals surface area (Å²) < 4.78 is 2.38. The summed E-state index contributed by atoms with van der Waals surface area (Å²) in [6.45, 7) is 0. The van der Waals surface area contributed by atoms with Crippen molar-refractivity contribution < 1.29 is 0 Å². The number of hydrogen-bond donors (Lipinski definition) is 0.